The van der Waals surface area contributed by atoms with E-state index in [1.807, 2.05) is 48.5 Å². The second-order valence-electron chi connectivity index (χ2n) is 8.77. The average Bonchev–Trinajstić information content (AvgIpc) is 3.15. The first-order chi connectivity index (χ1) is 16.8. The van der Waals surface area contributed by atoms with Gasteiger partial charge in [0.25, 0.3) is 0 Å². The van der Waals surface area contributed by atoms with Crippen LogP contribution in [-0.2, 0) is 14.3 Å². The number of nitrogens with one attached hydrogen (secondary N) is 1. The molecule has 0 radical (unpaired) electrons. The minimum Gasteiger partial charge on any atom is -0.480 e. The first-order valence-corrected chi connectivity index (χ1v) is 11.4. The number of carboxylic acid groups (broad SMARTS) is 1. The van der Waals surface area contributed by atoms with Crippen LogP contribution >= 0.6 is 0 Å². The zero-order chi connectivity index (χ0) is 25.1. The highest BCUT2D eigenvalue weighted by molar-refractivity contribution is 5.87. The maximum absolute atomic E-state index is 13.2. The van der Waals surface area contributed by atoms with Crippen molar-refractivity contribution in [2.45, 2.75) is 30.8 Å². The Hall–Kier alpha value is -3.53. The molecule has 2 aliphatic rings. The number of benzene rings is 2. The van der Waals surface area contributed by atoms with E-state index in [2.05, 4.69) is 5.32 Å². The van der Waals surface area contributed by atoms with E-state index in [4.69, 9.17) is 4.74 Å². The smallest absolute Gasteiger partial charge is 0.407 e. The van der Waals surface area contributed by atoms with E-state index in [0.717, 1.165) is 22.3 Å². The summed E-state index contributed by atoms with van der Waals surface area (Å²) in [6.07, 6.45) is -4.72. The molecular weight excluding hydrogens is 460 g/mol. The minimum atomic E-state index is -2.85. The lowest BCUT2D eigenvalue weighted by Crippen LogP contribution is -2.60. The number of hydrogen-bond donors (Lipinski definition) is 2. The van der Waals surface area contributed by atoms with Gasteiger partial charge in [0.15, 0.2) is 0 Å². The molecule has 1 heterocycles. The topological polar surface area (TPSA) is 99.2 Å². The van der Waals surface area contributed by atoms with Crippen LogP contribution in [0.25, 0.3) is 11.1 Å². The summed E-state index contributed by atoms with van der Waals surface area (Å²) in [4.78, 5) is 39.8. The summed E-state index contributed by atoms with van der Waals surface area (Å²) in [6, 6.07) is 13.1. The first-order valence-electron chi connectivity index (χ1n) is 11.4. The van der Waals surface area contributed by atoms with E-state index < -0.39 is 42.9 Å². The maximum Gasteiger partial charge on any atom is 0.407 e. The van der Waals surface area contributed by atoms with E-state index >= 15 is 0 Å². The average molecular weight is 488 g/mol. The number of likely N-dealkylation sites (N-methyl/N-ethyl adjacent to an activating group) is 1. The molecule has 8 nitrogen and oxygen atoms in total. The maximum atomic E-state index is 13.2. The summed E-state index contributed by atoms with van der Waals surface area (Å²) < 4.78 is 31.9. The van der Waals surface area contributed by atoms with Gasteiger partial charge in [-0.05, 0) is 29.3 Å². The molecule has 0 aromatic heterocycles. The standard InChI is InChI=1S/C25H27F2N3O5/c1-29-10-11-30(13-21(29)24(32)33)23(31)20(12-22(26)27)28-25(34)35-14-19-17-8-4-2-6-15(17)16-7-3-5-9-18(16)19/h2-9,19-22H,10-14H2,1H3,(H,28,34)(H,32,33). The monoisotopic (exact) mass is 487 g/mol. The molecule has 186 valence electrons. The Morgan fingerprint density at radius 1 is 1.06 bits per heavy atom. The van der Waals surface area contributed by atoms with Gasteiger partial charge in [0.1, 0.15) is 18.7 Å². The van der Waals surface area contributed by atoms with Crippen molar-refractivity contribution in [1.82, 2.24) is 15.1 Å². The van der Waals surface area contributed by atoms with Crippen LogP contribution in [0.2, 0.25) is 0 Å². The number of piperazine rings is 1. The molecule has 0 spiro atoms. The molecular formula is C25H27F2N3O5. The molecule has 35 heavy (non-hydrogen) atoms. The highest BCUT2D eigenvalue weighted by atomic mass is 19.3. The Kier molecular flexibility index (Phi) is 7.30. The van der Waals surface area contributed by atoms with Gasteiger partial charge >= 0.3 is 12.1 Å². The number of carbonyl (C=O) groups excluding carboxylic acids is 2. The molecule has 2 unspecified atom stereocenters. The summed E-state index contributed by atoms with van der Waals surface area (Å²) >= 11 is 0. The van der Waals surface area contributed by atoms with Crippen molar-refractivity contribution in [3.05, 3.63) is 59.7 Å². The minimum absolute atomic E-state index is 0.0228. The van der Waals surface area contributed by atoms with Crippen LogP contribution in [0.3, 0.4) is 0 Å². The molecule has 10 heteroatoms. The molecule has 2 amide bonds. The van der Waals surface area contributed by atoms with Gasteiger partial charge in [-0.25, -0.2) is 13.6 Å². The number of carbonyl (C=O) groups is 3. The summed E-state index contributed by atoms with van der Waals surface area (Å²) in [7, 11) is 1.62. The van der Waals surface area contributed by atoms with E-state index in [-0.39, 0.29) is 32.2 Å². The normalized spacial score (nSPS) is 18.6. The second kappa shape index (κ2) is 10.4. The number of carboxylic acids is 1. The number of hydrogen-bond acceptors (Lipinski definition) is 5. The summed E-state index contributed by atoms with van der Waals surface area (Å²) in [6.45, 7) is 0.266. The van der Waals surface area contributed by atoms with Crippen LogP contribution in [0.15, 0.2) is 48.5 Å². The zero-order valence-corrected chi connectivity index (χ0v) is 19.2. The third kappa shape index (κ3) is 5.27. The molecule has 1 aliphatic carbocycles. The van der Waals surface area contributed by atoms with Crippen molar-refractivity contribution < 1.29 is 33.0 Å². The third-order valence-corrected chi connectivity index (χ3v) is 6.59. The Balaban J connectivity index is 1.42. The Morgan fingerprint density at radius 3 is 2.23 bits per heavy atom. The molecule has 4 rings (SSSR count). The van der Waals surface area contributed by atoms with Gasteiger partial charge in [0, 0.05) is 32.0 Å². The molecule has 2 N–H and O–H groups in total. The molecule has 0 saturated carbocycles. The molecule has 1 saturated heterocycles. The molecule has 2 atom stereocenters. The molecule has 1 aliphatic heterocycles. The predicted molar refractivity (Wildman–Crippen MR) is 123 cm³/mol. The largest absolute Gasteiger partial charge is 0.480 e. The van der Waals surface area contributed by atoms with E-state index in [1.54, 1.807) is 11.9 Å². The van der Waals surface area contributed by atoms with Crippen molar-refractivity contribution in [3.63, 3.8) is 0 Å². The summed E-state index contributed by atoms with van der Waals surface area (Å²) in [5.74, 6) is -2.08. The number of rotatable bonds is 7. The van der Waals surface area contributed by atoms with Gasteiger partial charge in [-0.1, -0.05) is 48.5 Å². The molecule has 2 aromatic carbocycles. The van der Waals surface area contributed by atoms with Crippen molar-refractivity contribution in [2.75, 3.05) is 33.3 Å². The predicted octanol–water partition coefficient (Wildman–Crippen LogP) is 2.78. The van der Waals surface area contributed by atoms with E-state index in [0.29, 0.717) is 0 Å². The number of aliphatic carboxylic acids is 1. The van der Waals surface area contributed by atoms with Crippen molar-refractivity contribution >= 4 is 18.0 Å². The zero-order valence-electron chi connectivity index (χ0n) is 19.2. The van der Waals surface area contributed by atoms with Gasteiger partial charge in [0.2, 0.25) is 12.3 Å². The number of nitrogens with zero attached hydrogens (tertiary/aromatic N) is 2. The molecule has 0 bridgehead atoms. The van der Waals surface area contributed by atoms with E-state index in [9.17, 15) is 28.3 Å². The first kappa shape index (κ1) is 24.6. The number of fused-ring (bicyclic) bond motifs is 3. The highest BCUT2D eigenvalue weighted by Crippen LogP contribution is 2.44. The summed E-state index contributed by atoms with van der Waals surface area (Å²) in [5.41, 5.74) is 4.09. The number of alkyl carbamates (subject to hydrolysis) is 1. The lowest BCUT2D eigenvalue weighted by Gasteiger charge is -2.38. The van der Waals surface area contributed by atoms with E-state index in [1.165, 1.54) is 4.90 Å². The number of halogens is 2. The van der Waals surface area contributed by atoms with Gasteiger partial charge < -0.3 is 20.1 Å². The second-order valence-corrected chi connectivity index (χ2v) is 8.77. The number of ether oxygens (including phenoxy) is 1. The Labute approximate surface area is 201 Å². The van der Waals surface area contributed by atoms with Crippen LogP contribution in [0.4, 0.5) is 13.6 Å². The lowest BCUT2D eigenvalue weighted by atomic mass is 9.98. The number of alkyl halides is 2. The SMILES string of the molecule is CN1CCN(C(=O)C(CC(F)F)NC(=O)OCC2c3ccccc3-c3ccccc32)CC1C(=O)O. The lowest BCUT2D eigenvalue weighted by molar-refractivity contribution is -0.148. The molecule has 2 aromatic rings. The highest BCUT2D eigenvalue weighted by Gasteiger charge is 2.36. The fourth-order valence-corrected chi connectivity index (χ4v) is 4.74. The van der Waals surface area contributed by atoms with Crippen molar-refractivity contribution in [1.29, 1.82) is 0 Å². The fourth-order valence-electron chi connectivity index (χ4n) is 4.74. The Bertz CT molecular complexity index is 1070. The summed E-state index contributed by atoms with van der Waals surface area (Å²) in [5, 5.41) is 11.6. The molecule has 1 fully saturated rings. The van der Waals surface area contributed by atoms with Gasteiger partial charge in [-0.2, -0.15) is 0 Å². The van der Waals surface area contributed by atoms with Crippen LogP contribution in [0, 0.1) is 0 Å². The van der Waals surface area contributed by atoms with Gasteiger partial charge in [0.05, 0.1) is 0 Å². The quantitative estimate of drug-likeness (QED) is 0.623. The Morgan fingerprint density at radius 2 is 1.66 bits per heavy atom. The van der Waals surface area contributed by atoms with Crippen LogP contribution < -0.4 is 5.32 Å². The van der Waals surface area contributed by atoms with Crippen LogP contribution in [0.1, 0.15) is 23.5 Å². The third-order valence-electron chi connectivity index (χ3n) is 6.59. The van der Waals surface area contributed by atoms with Gasteiger partial charge in [-0.3, -0.25) is 14.5 Å². The number of amides is 2. The van der Waals surface area contributed by atoms with Crippen LogP contribution in [-0.4, -0.2) is 84.7 Å². The van der Waals surface area contributed by atoms with Gasteiger partial charge in [-0.15, -0.1) is 0 Å². The van der Waals surface area contributed by atoms with Crippen molar-refractivity contribution in [3.8, 4) is 11.1 Å². The fraction of sp³-hybridized carbons (Fsp3) is 0.400. The van der Waals surface area contributed by atoms with Crippen LogP contribution in [0.5, 0.6) is 0 Å². The van der Waals surface area contributed by atoms with Crippen molar-refractivity contribution in [2.24, 2.45) is 0 Å².